The minimum Gasteiger partial charge on any atom is -0.314 e. The molecule has 1 N–H and O–H groups in total. The second kappa shape index (κ2) is 5.23. The molecule has 0 amide bonds. The fourth-order valence-corrected chi connectivity index (χ4v) is 3.09. The Labute approximate surface area is 115 Å². The van der Waals surface area contributed by atoms with Crippen molar-refractivity contribution in [2.45, 2.75) is 26.4 Å². The van der Waals surface area contributed by atoms with Gasteiger partial charge in [-0.05, 0) is 13.8 Å². The van der Waals surface area contributed by atoms with Crippen LogP contribution in [-0.4, -0.2) is 64.9 Å². The first-order valence-corrected chi connectivity index (χ1v) is 7.31. The summed E-state index contributed by atoms with van der Waals surface area (Å²) in [5.41, 5.74) is 3.91. The van der Waals surface area contributed by atoms with E-state index in [-0.39, 0.29) is 0 Å². The van der Waals surface area contributed by atoms with E-state index in [1.54, 1.807) is 0 Å². The van der Waals surface area contributed by atoms with E-state index in [1.165, 1.54) is 56.2 Å². The van der Waals surface area contributed by atoms with Gasteiger partial charge in [0.25, 0.3) is 0 Å². The molecular formula is C14H25N5. The predicted octanol–water partition coefficient (Wildman–Crippen LogP) is 0.126. The summed E-state index contributed by atoms with van der Waals surface area (Å²) in [6, 6.07) is 0.795. The van der Waals surface area contributed by atoms with Gasteiger partial charge in [0, 0.05) is 70.2 Å². The van der Waals surface area contributed by atoms with Crippen LogP contribution >= 0.6 is 0 Å². The third-order valence-electron chi connectivity index (χ3n) is 4.72. The number of nitrogens with one attached hydrogen (secondary N) is 1. The zero-order valence-electron chi connectivity index (χ0n) is 12.3. The third kappa shape index (κ3) is 2.55. The van der Waals surface area contributed by atoms with Crippen LogP contribution in [0.15, 0.2) is 0 Å². The van der Waals surface area contributed by atoms with Gasteiger partial charge in [-0.2, -0.15) is 5.10 Å². The normalized spacial score (nSPS) is 22.7. The van der Waals surface area contributed by atoms with E-state index >= 15 is 0 Å². The van der Waals surface area contributed by atoms with Crippen molar-refractivity contribution in [2.24, 2.45) is 7.05 Å². The molecule has 3 rings (SSSR count). The molecule has 19 heavy (non-hydrogen) atoms. The Hall–Kier alpha value is -0.910. The van der Waals surface area contributed by atoms with Gasteiger partial charge in [0.15, 0.2) is 0 Å². The molecule has 2 fully saturated rings. The Balaban J connectivity index is 1.57. The van der Waals surface area contributed by atoms with E-state index in [0.29, 0.717) is 0 Å². The molecule has 0 aliphatic carbocycles. The SMILES string of the molecule is Cc1nn(C)c(C)c1CN1CCN(C2CNC2)CC1. The van der Waals surface area contributed by atoms with E-state index in [2.05, 4.69) is 34.1 Å². The monoisotopic (exact) mass is 263 g/mol. The minimum atomic E-state index is 0.795. The molecule has 0 saturated carbocycles. The van der Waals surface area contributed by atoms with Gasteiger partial charge in [0.1, 0.15) is 0 Å². The Kier molecular flexibility index (Phi) is 3.60. The quantitative estimate of drug-likeness (QED) is 0.841. The molecule has 5 nitrogen and oxygen atoms in total. The summed E-state index contributed by atoms with van der Waals surface area (Å²) >= 11 is 0. The molecule has 2 aliphatic rings. The van der Waals surface area contributed by atoms with Crippen molar-refractivity contribution in [2.75, 3.05) is 39.3 Å². The topological polar surface area (TPSA) is 36.3 Å². The third-order valence-corrected chi connectivity index (χ3v) is 4.72. The molecule has 1 aromatic heterocycles. The highest BCUT2D eigenvalue weighted by Crippen LogP contribution is 2.17. The number of rotatable bonds is 3. The summed E-state index contributed by atoms with van der Waals surface area (Å²) in [5.74, 6) is 0. The molecular weight excluding hydrogens is 238 g/mol. The first-order valence-electron chi connectivity index (χ1n) is 7.31. The van der Waals surface area contributed by atoms with Gasteiger partial charge in [-0.15, -0.1) is 0 Å². The molecule has 0 radical (unpaired) electrons. The molecule has 5 heteroatoms. The summed E-state index contributed by atoms with van der Waals surface area (Å²) in [6.07, 6.45) is 0. The van der Waals surface area contributed by atoms with Crippen molar-refractivity contribution in [3.8, 4) is 0 Å². The van der Waals surface area contributed by atoms with Crippen molar-refractivity contribution < 1.29 is 0 Å². The Morgan fingerprint density at radius 3 is 2.32 bits per heavy atom. The van der Waals surface area contributed by atoms with E-state index in [0.717, 1.165) is 12.6 Å². The number of aryl methyl sites for hydroxylation is 2. The zero-order chi connectivity index (χ0) is 13.4. The highest BCUT2D eigenvalue weighted by Gasteiger charge is 2.28. The van der Waals surface area contributed by atoms with E-state index in [9.17, 15) is 0 Å². The molecule has 106 valence electrons. The largest absolute Gasteiger partial charge is 0.314 e. The maximum atomic E-state index is 4.51. The number of hydrogen-bond acceptors (Lipinski definition) is 4. The standard InChI is InChI=1S/C14H25N5/c1-11-14(12(2)17(3)16-11)10-18-4-6-19(7-5-18)13-8-15-9-13/h13,15H,4-10H2,1-3H3. The van der Waals surface area contributed by atoms with Crippen molar-refractivity contribution in [1.29, 1.82) is 0 Å². The van der Waals surface area contributed by atoms with E-state index in [1.807, 2.05) is 11.7 Å². The van der Waals surface area contributed by atoms with E-state index < -0.39 is 0 Å². The number of hydrogen-bond donors (Lipinski definition) is 1. The van der Waals surface area contributed by atoms with Crippen molar-refractivity contribution in [3.05, 3.63) is 17.0 Å². The summed E-state index contributed by atoms with van der Waals surface area (Å²) in [7, 11) is 2.04. The van der Waals surface area contributed by atoms with Crippen LogP contribution in [0.5, 0.6) is 0 Å². The molecule has 0 spiro atoms. The predicted molar refractivity (Wildman–Crippen MR) is 76.2 cm³/mol. The van der Waals surface area contributed by atoms with Crippen LogP contribution in [-0.2, 0) is 13.6 Å². The van der Waals surface area contributed by atoms with Crippen molar-refractivity contribution in [1.82, 2.24) is 24.9 Å². The lowest BCUT2D eigenvalue weighted by Crippen LogP contribution is -2.61. The smallest absolute Gasteiger partial charge is 0.0641 e. The zero-order valence-corrected chi connectivity index (χ0v) is 12.3. The maximum Gasteiger partial charge on any atom is 0.0641 e. The van der Waals surface area contributed by atoms with Crippen LogP contribution < -0.4 is 5.32 Å². The van der Waals surface area contributed by atoms with Crippen LogP contribution in [0, 0.1) is 13.8 Å². The van der Waals surface area contributed by atoms with Gasteiger partial charge in [-0.1, -0.05) is 0 Å². The number of piperazine rings is 1. The van der Waals surface area contributed by atoms with Crippen LogP contribution in [0.25, 0.3) is 0 Å². The van der Waals surface area contributed by atoms with Gasteiger partial charge in [-0.3, -0.25) is 14.5 Å². The first kappa shape index (κ1) is 13.1. The summed E-state index contributed by atoms with van der Waals surface area (Å²) < 4.78 is 2.00. The molecule has 0 aromatic carbocycles. The van der Waals surface area contributed by atoms with Gasteiger partial charge in [0.2, 0.25) is 0 Å². The minimum absolute atomic E-state index is 0.795. The van der Waals surface area contributed by atoms with Crippen molar-refractivity contribution >= 4 is 0 Å². The van der Waals surface area contributed by atoms with Crippen LogP contribution in [0.2, 0.25) is 0 Å². The maximum absolute atomic E-state index is 4.51. The Bertz CT molecular complexity index is 441. The lowest BCUT2D eigenvalue weighted by atomic mass is 10.1. The molecule has 3 heterocycles. The van der Waals surface area contributed by atoms with Gasteiger partial charge >= 0.3 is 0 Å². The Morgan fingerprint density at radius 1 is 1.16 bits per heavy atom. The van der Waals surface area contributed by atoms with Gasteiger partial charge in [-0.25, -0.2) is 0 Å². The molecule has 2 saturated heterocycles. The number of aromatic nitrogens is 2. The average molecular weight is 263 g/mol. The Morgan fingerprint density at radius 2 is 1.84 bits per heavy atom. The summed E-state index contributed by atoms with van der Waals surface area (Å²) in [5, 5.41) is 7.87. The van der Waals surface area contributed by atoms with Crippen LogP contribution in [0.3, 0.4) is 0 Å². The fraction of sp³-hybridized carbons (Fsp3) is 0.786. The summed E-state index contributed by atoms with van der Waals surface area (Å²) in [4.78, 5) is 5.20. The molecule has 2 aliphatic heterocycles. The lowest BCUT2D eigenvalue weighted by molar-refractivity contribution is 0.0694. The lowest BCUT2D eigenvalue weighted by Gasteiger charge is -2.43. The second-order valence-corrected chi connectivity index (χ2v) is 5.90. The van der Waals surface area contributed by atoms with Crippen molar-refractivity contribution in [3.63, 3.8) is 0 Å². The number of nitrogens with zero attached hydrogens (tertiary/aromatic N) is 4. The van der Waals surface area contributed by atoms with Gasteiger partial charge in [0.05, 0.1) is 5.69 Å². The molecule has 0 bridgehead atoms. The van der Waals surface area contributed by atoms with Crippen LogP contribution in [0.4, 0.5) is 0 Å². The van der Waals surface area contributed by atoms with Gasteiger partial charge < -0.3 is 5.32 Å². The highest BCUT2D eigenvalue weighted by molar-refractivity contribution is 5.24. The first-order chi connectivity index (χ1) is 9.15. The van der Waals surface area contributed by atoms with E-state index in [4.69, 9.17) is 0 Å². The molecule has 0 atom stereocenters. The fourth-order valence-electron chi connectivity index (χ4n) is 3.09. The highest BCUT2D eigenvalue weighted by atomic mass is 15.3. The molecule has 1 aromatic rings. The average Bonchev–Trinajstić information content (AvgIpc) is 2.56. The van der Waals surface area contributed by atoms with Crippen LogP contribution in [0.1, 0.15) is 17.0 Å². The second-order valence-electron chi connectivity index (χ2n) is 5.90. The molecule has 0 unspecified atom stereocenters. The summed E-state index contributed by atoms with van der Waals surface area (Å²) in [6.45, 7) is 12.5.